The summed E-state index contributed by atoms with van der Waals surface area (Å²) in [6.07, 6.45) is 5.09. The Kier molecular flexibility index (Phi) is 2.14. The minimum atomic E-state index is 0.860. The van der Waals surface area contributed by atoms with E-state index in [0.717, 1.165) is 6.04 Å². The van der Waals surface area contributed by atoms with Crippen molar-refractivity contribution in [1.82, 2.24) is 9.80 Å². The second-order valence-corrected chi connectivity index (χ2v) is 3.78. The number of hydrogen-bond acceptors (Lipinski definition) is 2. The van der Waals surface area contributed by atoms with Gasteiger partial charge in [0.2, 0.25) is 0 Å². The summed E-state index contributed by atoms with van der Waals surface area (Å²) in [6, 6.07) is 0.860. The van der Waals surface area contributed by atoms with Crippen LogP contribution < -0.4 is 0 Å². The van der Waals surface area contributed by atoms with Crippen molar-refractivity contribution in [2.24, 2.45) is 0 Å². The Morgan fingerprint density at radius 3 is 2.82 bits per heavy atom. The molecule has 0 amide bonds. The number of rotatable bonds is 1. The lowest BCUT2D eigenvalue weighted by atomic mass is 10.2. The molecule has 11 heavy (non-hydrogen) atoms. The van der Waals surface area contributed by atoms with Crippen LogP contribution in [-0.4, -0.2) is 49.1 Å². The number of hydrogen-bond donors (Lipinski definition) is 0. The number of nitrogens with zero attached hydrogens (tertiary/aromatic N) is 2. The van der Waals surface area contributed by atoms with E-state index in [4.69, 9.17) is 0 Å². The van der Waals surface area contributed by atoms with E-state index in [2.05, 4.69) is 23.3 Å². The number of likely N-dealkylation sites (N-methyl/N-ethyl adjacent to an activating group) is 1. The zero-order chi connectivity index (χ0) is 7.68. The molecule has 63 valence electrons. The largest absolute Gasteiger partial charge is 0.305 e. The van der Waals surface area contributed by atoms with Crippen molar-refractivity contribution in [3.8, 4) is 0 Å². The van der Waals surface area contributed by atoms with Gasteiger partial charge in [-0.2, -0.15) is 0 Å². The maximum Gasteiger partial charge on any atom is 0.0235 e. The topological polar surface area (TPSA) is 6.48 Å². The van der Waals surface area contributed by atoms with E-state index in [1.54, 1.807) is 0 Å². The average Bonchev–Trinajstić information content (AvgIpc) is 2.55. The molecule has 2 aliphatic heterocycles. The molecule has 2 rings (SSSR count). The molecule has 0 aromatic carbocycles. The van der Waals surface area contributed by atoms with Gasteiger partial charge < -0.3 is 4.90 Å². The molecule has 2 aliphatic rings. The van der Waals surface area contributed by atoms with Gasteiger partial charge in [0.15, 0.2) is 0 Å². The standard InChI is InChI=1S/C9H17N2/c1-10-7-4-9(8-10)11-5-2-3-6-11/h2,9H,3-8H2,1H3. The first-order valence-electron chi connectivity index (χ1n) is 4.60. The smallest absolute Gasteiger partial charge is 0.0235 e. The van der Waals surface area contributed by atoms with Gasteiger partial charge in [0.1, 0.15) is 0 Å². The van der Waals surface area contributed by atoms with Gasteiger partial charge in [-0.1, -0.05) is 0 Å². The Hall–Kier alpha value is -0.0800. The molecule has 0 N–H and O–H groups in total. The molecule has 1 radical (unpaired) electrons. The molecule has 0 aromatic rings. The van der Waals surface area contributed by atoms with Crippen molar-refractivity contribution in [3.05, 3.63) is 6.42 Å². The Balaban J connectivity index is 1.85. The first-order chi connectivity index (χ1) is 5.36. The third-order valence-corrected chi connectivity index (χ3v) is 2.87. The molecule has 0 spiro atoms. The summed E-state index contributed by atoms with van der Waals surface area (Å²) in [5.74, 6) is 0. The van der Waals surface area contributed by atoms with Gasteiger partial charge in [-0.3, -0.25) is 4.90 Å². The molecular weight excluding hydrogens is 136 g/mol. The highest BCUT2D eigenvalue weighted by atomic mass is 15.2. The van der Waals surface area contributed by atoms with Gasteiger partial charge in [-0.15, -0.1) is 0 Å². The molecule has 0 saturated carbocycles. The molecule has 2 heterocycles. The Labute approximate surface area is 69.2 Å². The van der Waals surface area contributed by atoms with Crippen LogP contribution in [0, 0.1) is 6.42 Å². The summed E-state index contributed by atoms with van der Waals surface area (Å²) >= 11 is 0. The van der Waals surface area contributed by atoms with Crippen LogP contribution in [0.3, 0.4) is 0 Å². The zero-order valence-electron chi connectivity index (χ0n) is 7.29. The maximum atomic E-state index is 2.61. The maximum absolute atomic E-state index is 2.61. The van der Waals surface area contributed by atoms with E-state index in [1.807, 2.05) is 0 Å². The molecule has 0 aliphatic carbocycles. The first kappa shape index (κ1) is 7.56. The Morgan fingerprint density at radius 1 is 1.36 bits per heavy atom. The van der Waals surface area contributed by atoms with Crippen molar-refractivity contribution in [2.75, 3.05) is 33.2 Å². The fourth-order valence-corrected chi connectivity index (χ4v) is 2.15. The van der Waals surface area contributed by atoms with Crippen LogP contribution >= 0.6 is 0 Å². The minimum Gasteiger partial charge on any atom is -0.305 e. The lowest BCUT2D eigenvalue weighted by Crippen LogP contribution is -2.34. The SMILES string of the molecule is CN1CCC(N2C[CH]CC2)C1. The van der Waals surface area contributed by atoms with E-state index >= 15 is 0 Å². The number of likely N-dealkylation sites (tertiary alicyclic amines) is 2. The van der Waals surface area contributed by atoms with E-state index < -0.39 is 0 Å². The van der Waals surface area contributed by atoms with Crippen LogP contribution in [0.1, 0.15) is 12.8 Å². The van der Waals surface area contributed by atoms with Gasteiger partial charge in [-0.05, 0) is 39.4 Å². The average molecular weight is 153 g/mol. The lowest BCUT2D eigenvalue weighted by Gasteiger charge is -2.22. The fraction of sp³-hybridized carbons (Fsp3) is 0.889. The summed E-state index contributed by atoms with van der Waals surface area (Å²) in [4.78, 5) is 5.05. The van der Waals surface area contributed by atoms with Crippen LogP contribution in [-0.2, 0) is 0 Å². The quantitative estimate of drug-likeness (QED) is 0.544. The fourth-order valence-electron chi connectivity index (χ4n) is 2.15. The van der Waals surface area contributed by atoms with Gasteiger partial charge in [-0.25, -0.2) is 0 Å². The molecule has 1 unspecified atom stereocenters. The van der Waals surface area contributed by atoms with E-state index in [0.29, 0.717) is 0 Å². The van der Waals surface area contributed by atoms with Crippen LogP contribution in [0.4, 0.5) is 0 Å². The van der Waals surface area contributed by atoms with Crippen molar-refractivity contribution in [1.29, 1.82) is 0 Å². The highest BCUT2D eigenvalue weighted by molar-refractivity contribution is 4.89. The van der Waals surface area contributed by atoms with Crippen molar-refractivity contribution < 1.29 is 0 Å². The summed E-state index contributed by atoms with van der Waals surface area (Å²) < 4.78 is 0. The summed E-state index contributed by atoms with van der Waals surface area (Å²) in [5.41, 5.74) is 0. The molecule has 0 aromatic heterocycles. The third kappa shape index (κ3) is 1.57. The molecule has 2 saturated heterocycles. The van der Waals surface area contributed by atoms with E-state index in [9.17, 15) is 0 Å². The monoisotopic (exact) mass is 153 g/mol. The highest BCUT2D eigenvalue weighted by Gasteiger charge is 2.27. The lowest BCUT2D eigenvalue weighted by molar-refractivity contribution is 0.246. The van der Waals surface area contributed by atoms with E-state index in [-0.39, 0.29) is 0 Å². The summed E-state index contributed by atoms with van der Waals surface area (Å²) in [7, 11) is 2.22. The molecule has 2 fully saturated rings. The predicted molar refractivity (Wildman–Crippen MR) is 46.4 cm³/mol. The van der Waals surface area contributed by atoms with Crippen LogP contribution in [0.5, 0.6) is 0 Å². The Morgan fingerprint density at radius 2 is 2.27 bits per heavy atom. The van der Waals surface area contributed by atoms with Gasteiger partial charge >= 0.3 is 0 Å². The normalized spacial score (nSPS) is 35.2. The Bertz CT molecular complexity index is 130. The second kappa shape index (κ2) is 3.11. The summed E-state index contributed by atoms with van der Waals surface area (Å²) in [5, 5.41) is 0. The van der Waals surface area contributed by atoms with Crippen molar-refractivity contribution in [3.63, 3.8) is 0 Å². The van der Waals surface area contributed by atoms with Gasteiger partial charge in [0, 0.05) is 19.1 Å². The molecule has 0 bridgehead atoms. The zero-order valence-corrected chi connectivity index (χ0v) is 7.29. The second-order valence-electron chi connectivity index (χ2n) is 3.78. The predicted octanol–water partition coefficient (Wildman–Crippen LogP) is 0.600. The van der Waals surface area contributed by atoms with Gasteiger partial charge in [0.05, 0.1) is 0 Å². The molecular formula is C9H17N2. The van der Waals surface area contributed by atoms with Gasteiger partial charge in [0.25, 0.3) is 0 Å². The molecule has 2 nitrogen and oxygen atoms in total. The molecule has 2 heteroatoms. The van der Waals surface area contributed by atoms with E-state index in [1.165, 1.54) is 39.0 Å². The third-order valence-electron chi connectivity index (χ3n) is 2.87. The molecule has 1 atom stereocenters. The van der Waals surface area contributed by atoms with Crippen LogP contribution in [0.2, 0.25) is 0 Å². The van der Waals surface area contributed by atoms with Crippen LogP contribution in [0.15, 0.2) is 0 Å². The van der Waals surface area contributed by atoms with Crippen molar-refractivity contribution >= 4 is 0 Å². The highest BCUT2D eigenvalue weighted by Crippen LogP contribution is 2.18. The summed E-state index contributed by atoms with van der Waals surface area (Å²) in [6.45, 7) is 5.12. The first-order valence-corrected chi connectivity index (χ1v) is 4.60. The minimum absolute atomic E-state index is 0.860. The van der Waals surface area contributed by atoms with Crippen LogP contribution in [0.25, 0.3) is 0 Å². The van der Waals surface area contributed by atoms with Crippen molar-refractivity contribution in [2.45, 2.75) is 18.9 Å².